The summed E-state index contributed by atoms with van der Waals surface area (Å²) < 4.78 is 11.7. The monoisotopic (exact) mass is 498 g/mol. The maximum atomic E-state index is 12.5. The number of rotatable bonds is 8. The predicted molar refractivity (Wildman–Crippen MR) is 132 cm³/mol. The molecule has 0 atom stereocenters. The number of carbonyl (C=O) groups excluding carboxylic acids is 1. The van der Waals surface area contributed by atoms with E-state index in [0.717, 1.165) is 25.7 Å². The molecule has 0 saturated heterocycles. The lowest BCUT2D eigenvalue weighted by Gasteiger charge is -2.17. The molecule has 8 heteroatoms. The number of carbonyl (C=O) groups is 1. The first-order valence-corrected chi connectivity index (χ1v) is 11.8. The molecule has 0 radical (unpaired) electrons. The lowest BCUT2D eigenvalue weighted by atomic mass is 10.0. The highest BCUT2D eigenvalue weighted by atomic mass is 35.5. The Morgan fingerprint density at radius 1 is 1.00 bits per heavy atom. The molecule has 1 fully saturated rings. The summed E-state index contributed by atoms with van der Waals surface area (Å²) in [6.45, 7) is 0. The molecule has 1 aromatic heterocycles. The number of aromatic nitrogens is 1. The second-order valence-corrected chi connectivity index (χ2v) is 8.68. The Morgan fingerprint density at radius 3 is 2.47 bits per heavy atom. The van der Waals surface area contributed by atoms with E-state index in [1.165, 1.54) is 0 Å². The molecule has 3 aromatic rings. The maximum absolute atomic E-state index is 12.5. The molecule has 1 saturated carbocycles. The van der Waals surface area contributed by atoms with Gasteiger partial charge in [0, 0.05) is 12.0 Å². The SMILES string of the molecule is COc1ccc(C(Cc2ccc(Cl)nc2Cl)=NOC(=O)c2ccccc2)cc1OC1CCCC1. The molecule has 0 spiro atoms. The normalized spacial score (nSPS) is 14.1. The molecule has 0 amide bonds. The Hall–Kier alpha value is -3.09. The summed E-state index contributed by atoms with van der Waals surface area (Å²) in [6.07, 6.45) is 4.73. The average molecular weight is 499 g/mol. The predicted octanol–water partition coefficient (Wildman–Crippen LogP) is 6.52. The van der Waals surface area contributed by atoms with Crippen LogP contribution in [0.25, 0.3) is 0 Å². The summed E-state index contributed by atoms with van der Waals surface area (Å²) in [6, 6.07) is 17.6. The van der Waals surface area contributed by atoms with Crippen LogP contribution >= 0.6 is 23.2 Å². The lowest BCUT2D eigenvalue weighted by molar-refractivity contribution is 0.0516. The van der Waals surface area contributed by atoms with Gasteiger partial charge in [0.15, 0.2) is 11.5 Å². The van der Waals surface area contributed by atoms with Crippen molar-refractivity contribution in [2.75, 3.05) is 7.11 Å². The molecule has 34 heavy (non-hydrogen) atoms. The Labute approximate surface area is 208 Å². The summed E-state index contributed by atoms with van der Waals surface area (Å²) in [4.78, 5) is 21.9. The Balaban J connectivity index is 1.67. The molecule has 2 aromatic carbocycles. The second-order valence-electron chi connectivity index (χ2n) is 7.93. The lowest BCUT2D eigenvalue weighted by Crippen LogP contribution is -2.13. The third-order valence-electron chi connectivity index (χ3n) is 5.59. The summed E-state index contributed by atoms with van der Waals surface area (Å²) in [5.41, 5.74) is 2.28. The van der Waals surface area contributed by atoms with Crippen molar-refractivity contribution in [3.05, 3.63) is 87.7 Å². The van der Waals surface area contributed by atoms with Crippen molar-refractivity contribution in [3.8, 4) is 11.5 Å². The van der Waals surface area contributed by atoms with Crippen LogP contribution in [0.15, 0.2) is 65.8 Å². The molecule has 0 unspecified atom stereocenters. The molecule has 0 aliphatic heterocycles. The van der Waals surface area contributed by atoms with Crippen LogP contribution in [0.4, 0.5) is 0 Å². The van der Waals surface area contributed by atoms with Crippen LogP contribution in [0.1, 0.15) is 47.2 Å². The summed E-state index contributed by atoms with van der Waals surface area (Å²) in [5, 5.41) is 4.76. The van der Waals surface area contributed by atoms with Gasteiger partial charge in [-0.1, -0.05) is 52.6 Å². The highest BCUT2D eigenvalue weighted by Gasteiger charge is 2.20. The van der Waals surface area contributed by atoms with E-state index < -0.39 is 5.97 Å². The molecule has 4 rings (SSSR count). The third kappa shape index (κ3) is 6.07. The van der Waals surface area contributed by atoms with Crippen LogP contribution in [0.2, 0.25) is 10.3 Å². The number of methoxy groups -OCH3 is 1. The summed E-state index contributed by atoms with van der Waals surface area (Å²) in [7, 11) is 1.60. The van der Waals surface area contributed by atoms with E-state index in [0.29, 0.717) is 39.1 Å². The van der Waals surface area contributed by atoms with Gasteiger partial charge in [0.05, 0.1) is 24.5 Å². The summed E-state index contributed by atoms with van der Waals surface area (Å²) in [5.74, 6) is 0.686. The van der Waals surface area contributed by atoms with Gasteiger partial charge in [0.25, 0.3) is 0 Å². The van der Waals surface area contributed by atoms with Crippen LogP contribution in [0, 0.1) is 0 Å². The van der Waals surface area contributed by atoms with E-state index in [-0.39, 0.29) is 17.7 Å². The van der Waals surface area contributed by atoms with Crippen LogP contribution in [-0.2, 0) is 11.3 Å². The van der Waals surface area contributed by atoms with Gasteiger partial charge in [-0.3, -0.25) is 0 Å². The van der Waals surface area contributed by atoms with Crippen molar-refractivity contribution < 1.29 is 19.1 Å². The first-order valence-electron chi connectivity index (χ1n) is 11.0. The van der Waals surface area contributed by atoms with E-state index in [2.05, 4.69) is 10.1 Å². The van der Waals surface area contributed by atoms with Crippen molar-refractivity contribution in [1.82, 2.24) is 4.98 Å². The van der Waals surface area contributed by atoms with Crippen LogP contribution in [0.3, 0.4) is 0 Å². The van der Waals surface area contributed by atoms with Crippen LogP contribution in [-0.4, -0.2) is 29.9 Å². The van der Waals surface area contributed by atoms with Gasteiger partial charge in [-0.05, 0) is 67.6 Å². The molecule has 176 valence electrons. The van der Waals surface area contributed by atoms with Gasteiger partial charge >= 0.3 is 5.97 Å². The van der Waals surface area contributed by atoms with Gasteiger partial charge in [0.2, 0.25) is 0 Å². The minimum Gasteiger partial charge on any atom is -0.493 e. The van der Waals surface area contributed by atoms with Crippen LogP contribution in [0.5, 0.6) is 11.5 Å². The summed E-state index contributed by atoms with van der Waals surface area (Å²) >= 11 is 12.3. The maximum Gasteiger partial charge on any atom is 0.365 e. The fraction of sp³-hybridized carbons (Fsp3) is 0.269. The van der Waals surface area contributed by atoms with E-state index in [1.807, 2.05) is 24.3 Å². The van der Waals surface area contributed by atoms with Crippen LogP contribution < -0.4 is 9.47 Å². The Kier molecular flexibility index (Phi) is 8.03. The number of pyridine rings is 1. The van der Waals surface area contributed by atoms with Crippen molar-refractivity contribution >= 4 is 34.9 Å². The zero-order chi connectivity index (χ0) is 23.9. The standard InChI is InChI=1S/C26H24Cl2N2O4/c1-32-22-13-11-18(16-23(22)33-20-9-5-6-10-20)21(15-19-12-14-24(27)29-25(19)28)30-34-26(31)17-7-3-2-4-8-17/h2-4,7-8,11-14,16,20H,5-6,9-10,15H2,1H3. The first kappa shape index (κ1) is 24.0. The van der Waals surface area contributed by atoms with Gasteiger partial charge in [-0.25, -0.2) is 9.78 Å². The van der Waals surface area contributed by atoms with Crippen molar-refractivity contribution in [3.63, 3.8) is 0 Å². The Bertz CT molecular complexity index is 1180. The number of ether oxygens (including phenoxy) is 2. The van der Waals surface area contributed by atoms with Gasteiger partial charge < -0.3 is 14.3 Å². The molecule has 1 aliphatic carbocycles. The highest BCUT2D eigenvalue weighted by Crippen LogP contribution is 2.33. The second kappa shape index (κ2) is 11.4. The molecule has 6 nitrogen and oxygen atoms in total. The van der Waals surface area contributed by atoms with E-state index in [1.54, 1.807) is 43.5 Å². The molecule has 1 heterocycles. The number of hydrogen-bond acceptors (Lipinski definition) is 6. The molecule has 0 N–H and O–H groups in total. The zero-order valence-electron chi connectivity index (χ0n) is 18.7. The average Bonchev–Trinajstić information content (AvgIpc) is 3.36. The fourth-order valence-electron chi connectivity index (χ4n) is 3.80. The fourth-order valence-corrected chi connectivity index (χ4v) is 4.21. The highest BCUT2D eigenvalue weighted by molar-refractivity contribution is 6.33. The minimum absolute atomic E-state index is 0.148. The number of benzene rings is 2. The van der Waals surface area contributed by atoms with Gasteiger partial charge in [0.1, 0.15) is 10.3 Å². The van der Waals surface area contributed by atoms with Crippen molar-refractivity contribution in [2.45, 2.75) is 38.2 Å². The largest absolute Gasteiger partial charge is 0.493 e. The first-order chi connectivity index (χ1) is 16.5. The molecular weight excluding hydrogens is 475 g/mol. The zero-order valence-corrected chi connectivity index (χ0v) is 20.2. The Morgan fingerprint density at radius 2 is 1.76 bits per heavy atom. The molecule has 0 bridgehead atoms. The molecular formula is C26H24Cl2N2O4. The topological polar surface area (TPSA) is 70.0 Å². The third-order valence-corrected chi connectivity index (χ3v) is 6.13. The number of halogens is 2. The van der Waals surface area contributed by atoms with Gasteiger partial charge in [-0.2, -0.15) is 0 Å². The van der Waals surface area contributed by atoms with E-state index >= 15 is 0 Å². The minimum atomic E-state index is -0.561. The van der Waals surface area contributed by atoms with Crippen molar-refractivity contribution in [2.24, 2.45) is 5.16 Å². The quantitative estimate of drug-likeness (QED) is 0.153. The smallest absolute Gasteiger partial charge is 0.365 e. The van der Waals surface area contributed by atoms with E-state index in [9.17, 15) is 4.79 Å². The van der Waals surface area contributed by atoms with Gasteiger partial charge in [-0.15, -0.1) is 0 Å². The number of hydrogen-bond donors (Lipinski definition) is 0. The molecule has 1 aliphatic rings. The van der Waals surface area contributed by atoms with E-state index in [4.69, 9.17) is 37.5 Å². The van der Waals surface area contributed by atoms with Crippen molar-refractivity contribution in [1.29, 1.82) is 0 Å². The number of nitrogens with zero attached hydrogens (tertiary/aromatic N) is 2. The number of oxime groups is 1.